The molecule has 47 heavy (non-hydrogen) atoms. The van der Waals surface area contributed by atoms with Crippen LogP contribution in [0.1, 0.15) is 22.3 Å². The third-order valence-electron chi connectivity index (χ3n) is 8.03. The molecule has 0 aliphatic carbocycles. The molecular weight excluding hydrogens is 614 g/mol. The van der Waals surface area contributed by atoms with Crippen LogP contribution in [0.3, 0.4) is 0 Å². The molecule has 2 aliphatic heterocycles. The van der Waals surface area contributed by atoms with E-state index in [-0.39, 0.29) is 24.2 Å². The highest BCUT2D eigenvalue weighted by Gasteiger charge is 2.26. The summed E-state index contributed by atoms with van der Waals surface area (Å²) in [6, 6.07) is 11.8. The molecule has 3 amide bonds. The van der Waals surface area contributed by atoms with Crippen LogP contribution in [0.25, 0.3) is 16.9 Å². The average Bonchev–Trinajstić information content (AvgIpc) is 3.48. The molecule has 0 saturated carbocycles. The molecule has 248 valence electrons. The van der Waals surface area contributed by atoms with Crippen molar-refractivity contribution in [3.63, 3.8) is 0 Å². The Bertz CT molecular complexity index is 1690. The summed E-state index contributed by atoms with van der Waals surface area (Å²) in [6.45, 7) is 4.43. The summed E-state index contributed by atoms with van der Waals surface area (Å²) in [5, 5.41) is 13.2. The Balaban J connectivity index is 0.00000139. The number of nitrogens with one attached hydrogen (secondary N) is 2. The van der Waals surface area contributed by atoms with Gasteiger partial charge in [0.15, 0.2) is 11.5 Å². The summed E-state index contributed by atoms with van der Waals surface area (Å²) >= 11 is 0. The molecule has 0 bridgehead atoms. The molecule has 15 heteroatoms. The third-order valence-corrected chi connectivity index (χ3v) is 8.03. The number of anilines is 2. The molecule has 0 radical (unpaired) electrons. The van der Waals surface area contributed by atoms with Crippen LogP contribution in [-0.4, -0.2) is 112 Å². The van der Waals surface area contributed by atoms with E-state index in [4.69, 9.17) is 9.90 Å². The second-order valence-corrected chi connectivity index (χ2v) is 11.0. The number of rotatable bonds is 9. The van der Waals surface area contributed by atoms with Crippen molar-refractivity contribution in [2.75, 3.05) is 57.7 Å². The van der Waals surface area contributed by atoms with Gasteiger partial charge in [-0.1, -0.05) is 0 Å². The van der Waals surface area contributed by atoms with Crippen LogP contribution < -0.4 is 15.4 Å². The van der Waals surface area contributed by atoms with E-state index in [2.05, 4.69) is 30.2 Å². The van der Waals surface area contributed by atoms with Gasteiger partial charge >= 0.3 is 12.6 Å². The van der Waals surface area contributed by atoms with Crippen molar-refractivity contribution in [2.45, 2.75) is 20.0 Å². The summed E-state index contributed by atoms with van der Waals surface area (Å²) in [4.78, 5) is 49.1. The number of alkyl halides is 2. The van der Waals surface area contributed by atoms with E-state index in [0.29, 0.717) is 49.8 Å². The molecule has 0 unspecified atom stereocenters. The summed E-state index contributed by atoms with van der Waals surface area (Å²) in [5.41, 5.74) is 4.28. The van der Waals surface area contributed by atoms with Crippen LogP contribution in [0.2, 0.25) is 0 Å². The first-order valence-electron chi connectivity index (χ1n) is 15.1. The minimum Gasteiger partial charge on any atom is -0.483 e. The van der Waals surface area contributed by atoms with Gasteiger partial charge in [-0.3, -0.25) is 14.0 Å². The summed E-state index contributed by atoms with van der Waals surface area (Å²) in [6.07, 6.45) is 6.34. The highest BCUT2D eigenvalue weighted by molar-refractivity contribution is 5.96. The fourth-order valence-corrected chi connectivity index (χ4v) is 5.47. The first-order valence-corrected chi connectivity index (χ1v) is 15.1. The molecule has 4 aromatic rings. The standard InChI is InChI=1S/C31H34F2N8O3.CH2O2/c1-21-19-23(5-8-25(21)29(42)39-15-17-40(18-16-39)31(43)35-9-13-38-11-2-12-38)37-27-28-36-20-26(41(28)14-10-34-27)22-3-6-24(7-4-22)44-30(32)33;2-1-3/h3-8,10,14,19-20,30H,2,9,11-13,15-18H2,1H3,(H,34,37)(H,35,43);1H,(H,2,3). The molecule has 2 aromatic carbocycles. The number of aryl methyl sites for hydroxylation is 1. The van der Waals surface area contributed by atoms with Gasteiger partial charge in [-0.15, -0.1) is 0 Å². The Morgan fingerprint density at radius 1 is 1.02 bits per heavy atom. The lowest BCUT2D eigenvalue weighted by molar-refractivity contribution is -0.122. The maximum absolute atomic E-state index is 13.3. The summed E-state index contributed by atoms with van der Waals surface area (Å²) < 4.78 is 31.3. The van der Waals surface area contributed by atoms with Crippen molar-refractivity contribution in [2.24, 2.45) is 0 Å². The number of imidazole rings is 1. The van der Waals surface area contributed by atoms with Gasteiger partial charge in [-0.25, -0.2) is 14.8 Å². The number of benzene rings is 2. The number of aromatic nitrogens is 3. The highest BCUT2D eigenvalue weighted by Crippen LogP contribution is 2.28. The van der Waals surface area contributed by atoms with Crippen LogP contribution in [0.5, 0.6) is 5.75 Å². The van der Waals surface area contributed by atoms with E-state index in [1.54, 1.807) is 46.6 Å². The second kappa shape index (κ2) is 15.3. The summed E-state index contributed by atoms with van der Waals surface area (Å²) in [7, 11) is 0. The molecule has 2 aromatic heterocycles. The zero-order valence-electron chi connectivity index (χ0n) is 25.8. The minimum atomic E-state index is -2.88. The molecule has 6 rings (SSSR count). The lowest BCUT2D eigenvalue weighted by Crippen LogP contribution is -2.54. The SMILES string of the molecule is Cc1cc(Nc2nccn3c(-c4ccc(OC(F)F)cc4)cnc23)ccc1C(=O)N1CCN(C(=O)NCCN2CCC2)CC1.O=CO. The van der Waals surface area contributed by atoms with Crippen LogP contribution in [0.15, 0.2) is 61.1 Å². The average molecular weight is 651 g/mol. The monoisotopic (exact) mass is 650 g/mol. The molecule has 2 saturated heterocycles. The van der Waals surface area contributed by atoms with Crippen LogP contribution in [0.4, 0.5) is 25.1 Å². The first kappa shape index (κ1) is 33.1. The Labute approximate surface area is 269 Å². The van der Waals surface area contributed by atoms with Crippen molar-refractivity contribution in [3.8, 4) is 17.0 Å². The van der Waals surface area contributed by atoms with Crippen LogP contribution >= 0.6 is 0 Å². The number of carboxylic acid groups (broad SMARTS) is 1. The van der Waals surface area contributed by atoms with Gasteiger partial charge in [0.05, 0.1) is 11.9 Å². The smallest absolute Gasteiger partial charge is 0.387 e. The number of fused-ring (bicyclic) bond motifs is 1. The maximum Gasteiger partial charge on any atom is 0.387 e. The predicted octanol–water partition coefficient (Wildman–Crippen LogP) is 3.92. The number of amides is 3. The maximum atomic E-state index is 13.3. The molecule has 0 atom stereocenters. The number of ether oxygens (including phenoxy) is 1. The van der Waals surface area contributed by atoms with Gasteiger partial charge < -0.3 is 35.2 Å². The van der Waals surface area contributed by atoms with E-state index < -0.39 is 6.61 Å². The molecular formula is C32H36F2N8O5. The fourth-order valence-electron chi connectivity index (χ4n) is 5.47. The predicted molar refractivity (Wildman–Crippen MR) is 170 cm³/mol. The van der Waals surface area contributed by atoms with Gasteiger partial charge in [-0.2, -0.15) is 8.78 Å². The minimum absolute atomic E-state index is 0.0602. The Kier molecular flexibility index (Phi) is 10.8. The van der Waals surface area contributed by atoms with Crippen molar-refractivity contribution >= 4 is 35.6 Å². The number of urea groups is 1. The Hall–Kier alpha value is -5.31. The topological polar surface area (TPSA) is 145 Å². The molecule has 4 heterocycles. The van der Waals surface area contributed by atoms with E-state index in [0.717, 1.165) is 42.1 Å². The second-order valence-electron chi connectivity index (χ2n) is 11.0. The number of likely N-dealkylation sites (tertiary alicyclic amines) is 1. The quantitative estimate of drug-likeness (QED) is 0.230. The lowest BCUT2D eigenvalue weighted by atomic mass is 10.1. The van der Waals surface area contributed by atoms with Gasteiger partial charge in [0.2, 0.25) is 0 Å². The van der Waals surface area contributed by atoms with E-state index in [1.165, 1.54) is 18.6 Å². The largest absolute Gasteiger partial charge is 0.483 e. The zero-order chi connectivity index (χ0) is 33.3. The molecule has 3 N–H and O–H groups in total. The van der Waals surface area contributed by atoms with Crippen LogP contribution in [-0.2, 0) is 4.79 Å². The van der Waals surface area contributed by atoms with Gasteiger partial charge in [0, 0.05) is 68.5 Å². The van der Waals surface area contributed by atoms with Crippen molar-refractivity contribution in [1.82, 2.24) is 34.4 Å². The normalized spacial score (nSPS) is 14.6. The molecule has 13 nitrogen and oxygen atoms in total. The number of nitrogens with zero attached hydrogens (tertiary/aromatic N) is 6. The molecule has 2 aliphatic rings. The highest BCUT2D eigenvalue weighted by atomic mass is 19.3. The van der Waals surface area contributed by atoms with Gasteiger partial charge in [-0.05, 0) is 74.5 Å². The molecule has 2 fully saturated rings. The number of hydrogen-bond donors (Lipinski definition) is 3. The van der Waals surface area contributed by atoms with Gasteiger partial charge in [0.25, 0.3) is 12.4 Å². The lowest BCUT2D eigenvalue weighted by Gasteiger charge is -2.35. The number of carbonyl (C=O) groups is 3. The number of hydrogen-bond acceptors (Lipinski definition) is 8. The van der Waals surface area contributed by atoms with Crippen molar-refractivity contribution in [1.29, 1.82) is 0 Å². The van der Waals surface area contributed by atoms with Crippen molar-refractivity contribution in [3.05, 3.63) is 72.2 Å². The van der Waals surface area contributed by atoms with Crippen LogP contribution in [0, 0.1) is 6.92 Å². The number of carbonyl (C=O) groups excluding carboxylic acids is 2. The van der Waals surface area contributed by atoms with Crippen molar-refractivity contribution < 1.29 is 33.0 Å². The number of piperazine rings is 1. The number of halogens is 2. The van der Waals surface area contributed by atoms with E-state index in [9.17, 15) is 18.4 Å². The van der Waals surface area contributed by atoms with E-state index in [1.807, 2.05) is 23.5 Å². The summed E-state index contributed by atoms with van der Waals surface area (Å²) in [5.74, 6) is 0.543. The Morgan fingerprint density at radius 2 is 1.72 bits per heavy atom. The Morgan fingerprint density at radius 3 is 2.36 bits per heavy atom. The van der Waals surface area contributed by atoms with E-state index >= 15 is 0 Å². The van der Waals surface area contributed by atoms with Gasteiger partial charge in [0.1, 0.15) is 5.75 Å². The zero-order valence-corrected chi connectivity index (χ0v) is 25.8. The molecule has 0 spiro atoms. The fraction of sp³-hybridized carbons (Fsp3) is 0.344. The first-order chi connectivity index (χ1) is 22.8. The third kappa shape index (κ3) is 8.10.